The summed E-state index contributed by atoms with van der Waals surface area (Å²) >= 11 is 6.09. The molecule has 1 amide bonds. The number of amides is 1. The zero-order chi connectivity index (χ0) is 25.8. The molecule has 3 aromatic carbocycles. The van der Waals surface area contributed by atoms with E-state index in [2.05, 4.69) is 0 Å². The van der Waals surface area contributed by atoms with Crippen molar-refractivity contribution in [3.05, 3.63) is 100 Å². The smallest absolute Gasteiger partial charge is 0.255 e. The van der Waals surface area contributed by atoms with Crippen molar-refractivity contribution < 1.29 is 18.7 Å². The standard InChI is InChI=1S/C29H28ClFN2O3/c1-19-23(29(34)32(2)16-15-20-9-14-27(35-3)28(17-20)36-4)18-26(21-10-12-22(30)13-11-21)33(19)25-8-6-5-7-24(25)31/h5-14,17-18H,15-16H2,1-4H3. The fourth-order valence-electron chi connectivity index (χ4n) is 4.24. The Morgan fingerprint density at radius 3 is 2.33 bits per heavy atom. The van der Waals surface area contributed by atoms with Crippen molar-refractivity contribution in [1.29, 1.82) is 0 Å². The van der Waals surface area contributed by atoms with Crippen LogP contribution in [0.1, 0.15) is 21.6 Å². The number of nitrogens with zero attached hydrogens (tertiary/aromatic N) is 2. The first kappa shape index (κ1) is 25.3. The summed E-state index contributed by atoms with van der Waals surface area (Å²) in [6.07, 6.45) is 0.639. The first-order valence-electron chi connectivity index (χ1n) is 11.5. The van der Waals surface area contributed by atoms with Crippen molar-refractivity contribution in [1.82, 2.24) is 9.47 Å². The summed E-state index contributed by atoms with van der Waals surface area (Å²) in [5.41, 5.74) is 4.12. The molecule has 7 heteroatoms. The lowest BCUT2D eigenvalue weighted by Gasteiger charge is -2.18. The van der Waals surface area contributed by atoms with Crippen LogP contribution >= 0.6 is 11.6 Å². The molecule has 36 heavy (non-hydrogen) atoms. The largest absolute Gasteiger partial charge is 0.493 e. The van der Waals surface area contributed by atoms with E-state index in [1.54, 1.807) is 61.1 Å². The van der Waals surface area contributed by atoms with Gasteiger partial charge in [-0.25, -0.2) is 4.39 Å². The fourth-order valence-corrected chi connectivity index (χ4v) is 4.37. The molecule has 0 saturated heterocycles. The Kier molecular flexibility index (Phi) is 7.65. The van der Waals surface area contributed by atoms with E-state index in [1.807, 2.05) is 43.3 Å². The third-order valence-electron chi connectivity index (χ3n) is 6.24. The van der Waals surface area contributed by atoms with Crippen LogP contribution in [0.4, 0.5) is 4.39 Å². The van der Waals surface area contributed by atoms with Crippen LogP contribution < -0.4 is 9.47 Å². The fraction of sp³-hybridized carbons (Fsp3) is 0.207. The summed E-state index contributed by atoms with van der Waals surface area (Å²) in [5, 5.41) is 0.602. The number of hydrogen-bond donors (Lipinski definition) is 0. The Hall–Kier alpha value is -3.77. The number of para-hydroxylation sites is 1. The lowest BCUT2D eigenvalue weighted by molar-refractivity contribution is 0.0796. The highest BCUT2D eigenvalue weighted by atomic mass is 35.5. The van der Waals surface area contributed by atoms with E-state index >= 15 is 0 Å². The number of carbonyl (C=O) groups excluding carboxylic acids is 1. The molecule has 186 valence electrons. The van der Waals surface area contributed by atoms with Gasteiger partial charge in [-0.05, 0) is 66.9 Å². The van der Waals surface area contributed by atoms with E-state index in [0.717, 1.165) is 11.1 Å². The molecule has 1 heterocycles. The highest BCUT2D eigenvalue weighted by Crippen LogP contribution is 2.32. The van der Waals surface area contributed by atoms with Gasteiger partial charge in [0.2, 0.25) is 0 Å². The molecule has 0 bridgehead atoms. The molecule has 0 spiro atoms. The number of hydrogen-bond acceptors (Lipinski definition) is 3. The number of methoxy groups -OCH3 is 2. The van der Waals surface area contributed by atoms with Gasteiger partial charge in [0.05, 0.1) is 31.2 Å². The summed E-state index contributed by atoms with van der Waals surface area (Å²) in [7, 11) is 4.96. The van der Waals surface area contributed by atoms with Crippen molar-refractivity contribution in [2.45, 2.75) is 13.3 Å². The topological polar surface area (TPSA) is 43.7 Å². The predicted molar refractivity (Wildman–Crippen MR) is 141 cm³/mol. The molecule has 0 unspecified atom stereocenters. The van der Waals surface area contributed by atoms with Gasteiger partial charge in [-0.3, -0.25) is 4.79 Å². The zero-order valence-corrected chi connectivity index (χ0v) is 21.5. The quantitative estimate of drug-likeness (QED) is 0.271. The second-order valence-electron chi connectivity index (χ2n) is 8.49. The maximum Gasteiger partial charge on any atom is 0.255 e. The summed E-state index contributed by atoms with van der Waals surface area (Å²) < 4.78 is 27.3. The molecule has 0 aliphatic carbocycles. The second kappa shape index (κ2) is 10.9. The van der Waals surface area contributed by atoms with E-state index in [0.29, 0.717) is 52.1 Å². The van der Waals surface area contributed by atoms with Gasteiger partial charge in [-0.2, -0.15) is 0 Å². The summed E-state index contributed by atoms with van der Waals surface area (Å²) in [6, 6.07) is 21.4. The average molecular weight is 507 g/mol. The van der Waals surface area contributed by atoms with E-state index in [4.69, 9.17) is 21.1 Å². The van der Waals surface area contributed by atoms with Gasteiger partial charge in [-0.15, -0.1) is 0 Å². The maximum atomic E-state index is 14.9. The minimum atomic E-state index is -0.368. The molecule has 0 saturated carbocycles. The number of likely N-dealkylation sites (N-methyl/N-ethyl adjacent to an activating group) is 1. The second-order valence-corrected chi connectivity index (χ2v) is 8.92. The van der Waals surface area contributed by atoms with Crippen LogP contribution in [0.3, 0.4) is 0 Å². The molecular formula is C29H28ClFN2O3. The normalized spacial score (nSPS) is 10.8. The van der Waals surface area contributed by atoms with E-state index in [-0.39, 0.29) is 11.7 Å². The van der Waals surface area contributed by atoms with Crippen LogP contribution in [-0.4, -0.2) is 43.2 Å². The molecule has 0 aliphatic rings. The molecular weight excluding hydrogens is 479 g/mol. The van der Waals surface area contributed by atoms with Crippen molar-refractivity contribution in [3.63, 3.8) is 0 Å². The van der Waals surface area contributed by atoms with Crippen LogP contribution in [0.5, 0.6) is 11.5 Å². The molecule has 4 aromatic rings. The maximum absolute atomic E-state index is 14.9. The van der Waals surface area contributed by atoms with Gasteiger partial charge in [0.15, 0.2) is 11.5 Å². The average Bonchev–Trinajstić information content (AvgIpc) is 3.23. The Labute approximate surface area is 215 Å². The minimum Gasteiger partial charge on any atom is -0.493 e. The van der Waals surface area contributed by atoms with Gasteiger partial charge in [-0.1, -0.05) is 41.9 Å². The summed E-state index contributed by atoms with van der Waals surface area (Å²) in [5.74, 6) is 0.797. The van der Waals surface area contributed by atoms with Crippen LogP contribution in [0.15, 0.2) is 72.8 Å². The highest BCUT2D eigenvalue weighted by molar-refractivity contribution is 6.30. The van der Waals surface area contributed by atoms with Gasteiger partial charge in [0.25, 0.3) is 5.91 Å². The lowest BCUT2D eigenvalue weighted by Crippen LogP contribution is -2.29. The van der Waals surface area contributed by atoms with Crippen LogP contribution in [0.25, 0.3) is 16.9 Å². The SMILES string of the molecule is COc1ccc(CCN(C)C(=O)c2cc(-c3ccc(Cl)cc3)n(-c3ccccc3F)c2C)cc1OC. The zero-order valence-electron chi connectivity index (χ0n) is 20.7. The third kappa shape index (κ3) is 5.09. The van der Waals surface area contributed by atoms with Crippen molar-refractivity contribution in [2.75, 3.05) is 27.8 Å². The Balaban J connectivity index is 1.66. The van der Waals surface area contributed by atoms with Gasteiger partial charge in [0.1, 0.15) is 5.82 Å². The number of aromatic nitrogens is 1. The van der Waals surface area contributed by atoms with Crippen molar-refractivity contribution >= 4 is 17.5 Å². The Morgan fingerprint density at radius 2 is 1.67 bits per heavy atom. The number of carbonyl (C=O) groups is 1. The van der Waals surface area contributed by atoms with Crippen molar-refractivity contribution in [2.24, 2.45) is 0 Å². The van der Waals surface area contributed by atoms with Crippen LogP contribution in [0, 0.1) is 12.7 Å². The van der Waals surface area contributed by atoms with E-state index < -0.39 is 0 Å². The molecule has 0 N–H and O–H groups in total. The monoisotopic (exact) mass is 506 g/mol. The first-order chi connectivity index (χ1) is 17.3. The lowest BCUT2D eigenvalue weighted by atomic mass is 10.1. The van der Waals surface area contributed by atoms with E-state index in [9.17, 15) is 9.18 Å². The summed E-state index contributed by atoms with van der Waals surface area (Å²) in [4.78, 5) is 15.2. The number of benzene rings is 3. The third-order valence-corrected chi connectivity index (χ3v) is 6.49. The van der Waals surface area contributed by atoms with Crippen LogP contribution in [-0.2, 0) is 6.42 Å². The molecule has 4 rings (SSSR count). The van der Waals surface area contributed by atoms with E-state index in [1.165, 1.54) is 6.07 Å². The van der Waals surface area contributed by atoms with Crippen molar-refractivity contribution in [3.8, 4) is 28.4 Å². The minimum absolute atomic E-state index is 0.140. The molecule has 0 atom stereocenters. The Morgan fingerprint density at radius 1 is 0.972 bits per heavy atom. The number of ether oxygens (including phenoxy) is 2. The van der Waals surface area contributed by atoms with Gasteiger partial charge < -0.3 is 18.9 Å². The molecule has 1 aromatic heterocycles. The molecule has 0 fully saturated rings. The number of rotatable bonds is 8. The number of halogens is 2. The highest BCUT2D eigenvalue weighted by Gasteiger charge is 2.23. The molecule has 5 nitrogen and oxygen atoms in total. The van der Waals surface area contributed by atoms with Gasteiger partial charge in [0, 0.05) is 24.3 Å². The summed E-state index contributed by atoms with van der Waals surface area (Å²) in [6.45, 7) is 2.33. The van der Waals surface area contributed by atoms with Gasteiger partial charge >= 0.3 is 0 Å². The Bertz CT molecular complexity index is 1380. The predicted octanol–water partition coefficient (Wildman–Crippen LogP) is 6.58. The first-order valence-corrected chi connectivity index (χ1v) is 11.9. The molecule has 0 aliphatic heterocycles. The van der Waals surface area contributed by atoms with Crippen LogP contribution in [0.2, 0.25) is 5.02 Å². The molecule has 0 radical (unpaired) electrons.